The highest BCUT2D eigenvalue weighted by molar-refractivity contribution is 5.97. The molecule has 1 saturated heterocycles. The zero-order valence-electron chi connectivity index (χ0n) is 18.8. The van der Waals surface area contributed by atoms with Gasteiger partial charge in [-0.05, 0) is 50.1 Å². The summed E-state index contributed by atoms with van der Waals surface area (Å²) in [4.78, 5) is 22.1. The SMILES string of the molecule is CCOc1ccccc1N1CCN(C(=O)c2ccc3nc(C4CCCCC4)oc3c2)CC1. The highest BCUT2D eigenvalue weighted by Gasteiger charge is 2.25. The predicted molar refractivity (Wildman–Crippen MR) is 126 cm³/mol. The summed E-state index contributed by atoms with van der Waals surface area (Å²) in [6.45, 7) is 5.57. The third-order valence-electron chi connectivity index (χ3n) is 6.68. The molecular weight excluding hydrogens is 402 g/mol. The average Bonchev–Trinajstić information content (AvgIpc) is 3.28. The molecule has 5 rings (SSSR count). The van der Waals surface area contributed by atoms with Crippen LogP contribution in [0.15, 0.2) is 46.9 Å². The van der Waals surface area contributed by atoms with Gasteiger partial charge in [-0.25, -0.2) is 4.98 Å². The van der Waals surface area contributed by atoms with Gasteiger partial charge in [0.2, 0.25) is 0 Å². The van der Waals surface area contributed by atoms with Crippen LogP contribution in [0.4, 0.5) is 5.69 Å². The molecule has 0 atom stereocenters. The average molecular weight is 434 g/mol. The second kappa shape index (κ2) is 9.23. The van der Waals surface area contributed by atoms with E-state index < -0.39 is 0 Å². The first kappa shape index (κ1) is 20.9. The summed E-state index contributed by atoms with van der Waals surface area (Å²) in [5.74, 6) is 2.22. The number of fused-ring (bicyclic) bond motifs is 1. The normalized spacial score (nSPS) is 17.7. The van der Waals surface area contributed by atoms with Gasteiger partial charge in [0, 0.05) is 37.7 Å². The molecule has 168 valence electrons. The maximum Gasteiger partial charge on any atom is 0.254 e. The summed E-state index contributed by atoms with van der Waals surface area (Å²) in [7, 11) is 0. The van der Waals surface area contributed by atoms with E-state index in [0.717, 1.165) is 54.4 Å². The molecule has 2 aromatic carbocycles. The van der Waals surface area contributed by atoms with Crippen molar-refractivity contribution in [2.24, 2.45) is 0 Å². The predicted octanol–water partition coefficient (Wildman–Crippen LogP) is 5.24. The van der Waals surface area contributed by atoms with Crippen molar-refractivity contribution < 1.29 is 13.9 Å². The number of nitrogens with zero attached hydrogens (tertiary/aromatic N) is 3. The smallest absolute Gasteiger partial charge is 0.254 e. The van der Waals surface area contributed by atoms with Gasteiger partial charge in [0.15, 0.2) is 11.5 Å². The van der Waals surface area contributed by atoms with Crippen LogP contribution in [0.25, 0.3) is 11.1 Å². The Labute approximate surface area is 189 Å². The Morgan fingerprint density at radius 2 is 1.84 bits per heavy atom. The molecule has 0 spiro atoms. The minimum Gasteiger partial charge on any atom is -0.492 e. The minimum atomic E-state index is 0.0558. The maximum atomic E-state index is 13.2. The zero-order chi connectivity index (χ0) is 21.9. The van der Waals surface area contributed by atoms with Crippen LogP contribution in [-0.2, 0) is 0 Å². The second-order valence-electron chi connectivity index (χ2n) is 8.75. The second-order valence-corrected chi connectivity index (χ2v) is 8.75. The molecule has 1 aromatic heterocycles. The molecule has 6 nitrogen and oxygen atoms in total. The number of carbonyl (C=O) groups excluding carboxylic acids is 1. The van der Waals surface area contributed by atoms with Crippen LogP contribution in [0.2, 0.25) is 0 Å². The van der Waals surface area contributed by atoms with Gasteiger partial charge in [-0.3, -0.25) is 4.79 Å². The fourth-order valence-corrected chi connectivity index (χ4v) is 4.93. The van der Waals surface area contributed by atoms with E-state index in [9.17, 15) is 4.79 Å². The standard InChI is InChI=1S/C26H31N3O3/c1-2-31-23-11-7-6-10-22(23)28-14-16-29(17-15-28)26(30)20-12-13-21-24(18-20)32-25(27-21)19-8-4-3-5-9-19/h6-7,10-13,18-19H,2-5,8-9,14-17H2,1H3. The lowest BCUT2D eigenvalue weighted by molar-refractivity contribution is 0.0746. The van der Waals surface area contributed by atoms with E-state index in [1.807, 2.05) is 48.2 Å². The summed E-state index contributed by atoms with van der Waals surface area (Å²) in [6.07, 6.45) is 6.09. The summed E-state index contributed by atoms with van der Waals surface area (Å²) >= 11 is 0. The highest BCUT2D eigenvalue weighted by atomic mass is 16.5. The number of anilines is 1. The molecule has 6 heteroatoms. The molecular formula is C26H31N3O3. The number of aromatic nitrogens is 1. The van der Waals surface area contributed by atoms with Gasteiger partial charge in [0.25, 0.3) is 5.91 Å². The number of piperazine rings is 1. The molecule has 1 aliphatic heterocycles. The first-order valence-electron chi connectivity index (χ1n) is 11.9. The third-order valence-corrected chi connectivity index (χ3v) is 6.68. The molecule has 0 unspecified atom stereocenters. The number of carbonyl (C=O) groups is 1. The lowest BCUT2D eigenvalue weighted by Gasteiger charge is -2.36. The van der Waals surface area contributed by atoms with Gasteiger partial charge < -0.3 is 19.0 Å². The lowest BCUT2D eigenvalue weighted by atomic mass is 9.89. The summed E-state index contributed by atoms with van der Waals surface area (Å²) in [5.41, 5.74) is 3.34. The van der Waals surface area contributed by atoms with Crippen LogP contribution in [0.1, 0.15) is 61.2 Å². The van der Waals surface area contributed by atoms with E-state index in [1.165, 1.54) is 19.3 Å². The number of amides is 1. The first-order valence-corrected chi connectivity index (χ1v) is 11.9. The Hall–Kier alpha value is -3.02. The van der Waals surface area contributed by atoms with E-state index in [-0.39, 0.29) is 5.91 Å². The molecule has 0 bridgehead atoms. The molecule has 0 N–H and O–H groups in total. The first-order chi connectivity index (χ1) is 15.7. The fraction of sp³-hybridized carbons (Fsp3) is 0.462. The maximum absolute atomic E-state index is 13.2. The Morgan fingerprint density at radius 1 is 1.06 bits per heavy atom. The molecule has 32 heavy (non-hydrogen) atoms. The van der Waals surface area contributed by atoms with Crippen molar-refractivity contribution in [1.29, 1.82) is 0 Å². The number of ether oxygens (including phenoxy) is 1. The van der Waals surface area contributed by atoms with Gasteiger partial charge >= 0.3 is 0 Å². The van der Waals surface area contributed by atoms with Crippen LogP contribution in [-0.4, -0.2) is 48.6 Å². The molecule has 2 heterocycles. The van der Waals surface area contributed by atoms with E-state index in [1.54, 1.807) is 0 Å². The summed E-state index contributed by atoms with van der Waals surface area (Å²) < 4.78 is 11.9. The highest BCUT2D eigenvalue weighted by Crippen LogP contribution is 2.34. The fourth-order valence-electron chi connectivity index (χ4n) is 4.93. The number of benzene rings is 2. The van der Waals surface area contributed by atoms with Gasteiger partial charge in [-0.2, -0.15) is 0 Å². The number of hydrogen-bond acceptors (Lipinski definition) is 5. The largest absolute Gasteiger partial charge is 0.492 e. The number of rotatable bonds is 5. The van der Waals surface area contributed by atoms with Crippen LogP contribution in [0.3, 0.4) is 0 Å². The van der Waals surface area contributed by atoms with Gasteiger partial charge in [0.05, 0.1) is 12.3 Å². The van der Waals surface area contributed by atoms with Crippen LogP contribution < -0.4 is 9.64 Å². The zero-order valence-corrected chi connectivity index (χ0v) is 18.8. The van der Waals surface area contributed by atoms with Crippen molar-refractivity contribution >= 4 is 22.7 Å². The number of oxazole rings is 1. The Kier molecular flexibility index (Phi) is 6.02. The molecule has 1 saturated carbocycles. The van der Waals surface area contributed by atoms with Crippen molar-refractivity contribution in [3.05, 3.63) is 53.9 Å². The van der Waals surface area contributed by atoms with E-state index in [4.69, 9.17) is 14.1 Å². The molecule has 0 radical (unpaired) electrons. The molecule has 2 fully saturated rings. The molecule has 1 aliphatic carbocycles. The van der Waals surface area contributed by atoms with E-state index in [0.29, 0.717) is 31.2 Å². The topological polar surface area (TPSA) is 58.8 Å². The lowest BCUT2D eigenvalue weighted by Crippen LogP contribution is -2.48. The monoisotopic (exact) mass is 433 g/mol. The van der Waals surface area contributed by atoms with Crippen molar-refractivity contribution in [2.45, 2.75) is 44.9 Å². The van der Waals surface area contributed by atoms with Gasteiger partial charge in [-0.1, -0.05) is 31.4 Å². The molecule has 1 amide bonds. The Morgan fingerprint density at radius 3 is 2.62 bits per heavy atom. The van der Waals surface area contributed by atoms with E-state index >= 15 is 0 Å². The van der Waals surface area contributed by atoms with Crippen LogP contribution in [0.5, 0.6) is 5.75 Å². The number of hydrogen-bond donors (Lipinski definition) is 0. The van der Waals surface area contributed by atoms with Gasteiger partial charge in [0.1, 0.15) is 11.3 Å². The van der Waals surface area contributed by atoms with Crippen molar-refractivity contribution in [3.63, 3.8) is 0 Å². The van der Waals surface area contributed by atoms with Crippen molar-refractivity contribution in [2.75, 3.05) is 37.7 Å². The van der Waals surface area contributed by atoms with E-state index in [2.05, 4.69) is 11.0 Å². The summed E-state index contributed by atoms with van der Waals surface area (Å²) in [6, 6.07) is 13.8. The van der Waals surface area contributed by atoms with Gasteiger partial charge in [-0.15, -0.1) is 0 Å². The Balaban J connectivity index is 1.27. The minimum absolute atomic E-state index is 0.0558. The summed E-state index contributed by atoms with van der Waals surface area (Å²) in [5, 5.41) is 0. The molecule has 2 aliphatic rings. The number of para-hydroxylation sites is 2. The van der Waals surface area contributed by atoms with Crippen molar-refractivity contribution in [3.8, 4) is 5.75 Å². The van der Waals surface area contributed by atoms with Crippen molar-refractivity contribution in [1.82, 2.24) is 9.88 Å². The molecule has 3 aromatic rings. The Bertz CT molecular complexity index is 1080. The quantitative estimate of drug-likeness (QED) is 0.551. The third kappa shape index (κ3) is 4.18. The van der Waals surface area contributed by atoms with Crippen LogP contribution in [0, 0.1) is 0 Å². The van der Waals surface area contributed by atoms with Crippen LogP contribution >= 0.6 is 0 Å².